The van der Waals surface area contributed by atoms with Crippen LogP contribution >= 0.6 is 15.9 Å². The molecule has 0 aliphatic rings. The first kappa shape index (κ1) is 25.5. The summed E-state index contributed by atoms with van der Waals surface area (Å²) in [7, 11) is 0. The van der Waals surface area contributed by atoms with E-state index >= 15 is 0 Å². The van der Waals surface area contributed by atoms with Gasteiger partial charge in [-0.1, -0.05) is 45.8 Å². The molecule has 0 aromatic heterocycles. The Morgan fingerprint density at radius 3 is 2.31 bits per heavy atom. The lowest BCUT2D eigenvalue weighted by molar-refractivity contribution is -0.112. The maximum atomic E-state index is 12.6. The molecule has 0 spiro atoms. The predicted octanol–water partition coefficient (Wildman–Crippen LogP) is 5.98. The van der Waals surface area contributed by atoms with E-state index in [1.165, 1.54) is 18.2 Å². The first-order chi connectivity index (χ1) is 16.8. The lowest BCUT2D eigenvalue weighted by atomic mass is 10.1. The molecule has 3 aromatic carbocycles. The summed E-state index contributed by atoms with van der Waals surface area (Å²) in [5, 5.41) is 21.3. The topological polar surface area (TPSA) is 109 Å². The quantitative estimate of drug-likeness (QED) is 0.258. The van der Waals surface area contributed by atoms with Gasteiger partial charge in [0.15, 0.2) is 11.5 Å². The maximum absolute atomic E-state index is 12.6. The monoisotopic (exact) mass is 534 g/mol. The van der Waals surface area contributed by atoms with Crippen molar-refractivity contribution < 1.29 is 24.2 Å². The third-order valence-electron chi connectivity index (χ3n) is 4.93. The normalized spacial score (nSPS) is 10.9. The number of hydrogen-bond acceptors (Lipinski definition) is 5. The second-order valence-electron chi connectivity index (χ2n) is 7.53. The van der Waals surface area contributed by atoms with Gasteiger partial charge in [0.1, 0.15) is 18.2 Å². The minimum atomic E-state index is -0.993. The molecule has 8 heteroatoms. The second-order valence-corrected chi connectivity index (χ2v) is 8.39. The van der Waals surface area contributed by atoms with Gasteiger partial charge in [0, 0.05) is 10.2 Å². The molecule has 0 saturated heterocycles. The highest BCUT2D eigenvalue weighted by atomic mass is 79.9. The molecule has 3 rings (SSSR count). The summed E-state index contributed by atoms with van der Waals surface area (Å²) in [6.07, 6.45) is 1.48. The van der Waals surface area contributed by atoms with Crippen molar-refractivity contribution >= 4 is 39.6 Å². The van der Waals surface area contributed by atoms with Crippen LogP contribution in [0, 0.1) is 18.3 Å². The summed E-state index contributed by atoms with van der Waals surface area (Å²) in [4.78, 5) is 23.7. The zero-order valence-electron chi connectivity index (χ0n) is 19.2. The van der Waals surface area contributed by atoms with Gasteiger partial charge < -0.3 is 19.9 Å². The number of halogens is 1. The van der Waals surface area contributed by atoms with E-state index in [2.05, 4.69) is 21.2 Å². The number of hydrogen-bond donors (Lipinski definition) is 2. The molecular formula is C27H23BrN2O5. The largest absolute Gasteiger partial charge is 0.490 e. The van der Waals surface area contributed by atoms with E-state index in [0.29, 0.717) is 33.8 Å². The van der Waals surface area contributed by atoms with Crippen molar-refractivity contribution in [3.63, 3.8) is 0 Å². The molecule has 0 saturated carbocycles. The van der Waals surface area contributed by atoms with Gasteiger partial charge in [0.25, 0.3) is 5.91 Å². The van der Waals surface area contributed by atoms with Crippen molar-refractivity contribution in [1.82, 2.24) is 0 Å². The lowest BCUT2D eigenvalue weighted by Gasteiger charge is -2.14. The minimum Gasteiger partial charge on any atom is -0.490 e. The molecule has 0 unspecified atom stereocenters. The number of aromatic carboxylic acids is 1. The first-order valence-electron chi connectivity index (χ1n) is 10.7. The molecule has 1 amide bonds. The number of rotatable bonds is 9. The number of carbonyl (C=O) groups is 2. The Morgan fingerprint density at radius 2 is 1.71 bits per heavy atom. The fraction of sp³-hybridized carbons (Fsp3) is 0.148. The number of nitrogens with one attached hydrogen (secondary N) is 1. The standard InChI is InChI=1S/C27H23BrN2O5/c1-3-34-24-13-20(12-21(15-29)26(31)30-22-10-4-17(2)5-11-22)23(28)14-25(24)35-16-18-6-8-19(9-7-18)27(32)33/h4-14H,3,16H2,1-2H3,(H,30,31)(H,32,33)/b21-12+. The molecule has 178 valence electrons. The number of benzene rings is 3. The highest BCUT2D eigenvalue weighted by Crippen LogP contribution is 2.35. The van der Waals surface area contributed by atoms with Crippen LogP contribution in [0.5, 0.6) is 11.5 Å². The molecule has 0 aliphatic heterocycles. The number of anilines is 1. The summed E-state index contributed by atoms with van der Waals surface area (Å²) < 4.78 is 12.2. The molecular weight excluding hydrogens is 512 g/mol. The van der Waals surface area contributed by atoms with Crippen molar-refractivity contribution in [3.05, 3.63) is 93.0 Å². The van der Waals surface area contributed by atoms with Gasteiger partial charge in [-0.2, -0.15) is 5.26 Å². The first-order valence-corrected chi connectivity index (χ1v) is 11.5. The van der Waals surface area contributed by atoms with Crippen LogP contribution in [0.15, 0.2) is 70.7 Å². The predicted molar refractivity (Wildman–Crippen MR) is 136 cm³/mol. The Labute approximate surface area is 211 Å². The summed E-state index contributed by atoms with van der Waals surface area (Å²) in [5.41, 5.74) is 3.14. The molecule has 0 fully saturated rings. The molecule has 0 radical (unpaired) electrons. The molecule has 7 nitrogen and oxygen atoms in total. The summed E-state index contributed by atoms with van der Waals surface area (Å²) in [6.45, 7) is 4.36. The van der Waals surface area contributed by atoms with E-state index < -0.39 is 11.9 Å². The van der Waals surface area contributed by atoms with Crippen molar-refractivity contribution in [2.45, 2.75) is 20.5 Å². The zero-order chi connectivity index (χ0) is 25.4. The molecule has 0 bridgehead atoms. The van der Waals surface area contributed by atoms with E-state index in [1.54, 1.807) is 36.4 Å². The number of carbonyl (C=O) groups excluding carboxylic acids is 1. The summed E-state index contributed by atoms with van der Waals surface area (Å²) in [6, 6.07) is 19.0. The Kier molecular flexibility index (Phi) is 8.65. The molecule has 0 heterocycles. The van der Waals surface area contributed by atoms with Crippen molar-refractivity contribution in [2.75, 3.05) is 11.9 Å². The Hall–Kier alpha value is -4.09. The van der Waals surface area contributed by atoms with Gasteiger partial charge in [-0.05, 0) is 67.4 Å². The fourth-order valence-corrected chi connectivity index (χ4v) is 3.52. The zero-order valence-corrected chi connectivity index (χ0v) is 20.8. The summed E-state index contributed by atoms with van der Waals surface area (Å²) in [5.74, 6) is -0.611. The molecule has 0 aliphatic carbocycles. The molecule has 2 N–H and O–H groups in total. The van der Waals surface area contributed by atoms with Gasteiger partial charge in [-0.25, -0.2) is 4.79 Å². The molecule has 3 aromatic rings. The lowest BCUT2D eigenvalue weighted by Crippen LogP contribution is -2.13. The van der Waals surface area contributed by atoms with Crippen LogP contribution in [0.2, 0.25) is 0 Å². The van der Waals surface area contributed by atoms with Crippen LogP contribution in [0.1, 0.15) is 34.0 Å². The van der Waals surface area contributed by atoms with Gasteiger partial charge in [-0.3, -0.25) is 4.79 Å². The average molecular weight is 535 g/mol. The number of aryl methyl sites for hydroxylation is 1. The minimum absolute atomic E-state index is 0.0686. The van der Waals surface area contributed by atoms with Gasteiger partial charge >= 0.3 is 5.97 Å². The van der Waals surface area contributed by atoms with Gasteiger partial charge in [0.2, 0.25) is 0 Å². The van der Waals surface area contributed by atoms with Crippen LogP contribution < -0.4 is 14.8 Å². The van der Waals surface area contributed by atoms with E-state index in [-0.39, 0.29) is 17.7 Å². The third-order valence-corrected chi connectivity index (χ3v) is 5.62. The number of carboxylic acids is 1. The van der Waals surface area contributed by atoms with E-state index in [1.807, 2.05) is 32.0 Å². The Morgan fingerprint density at radius 1 is 1.06 bits per heavy atom. The van der Waals surface area contributed by atoms with Crippen LogP contribution in [-0.2, 0) is 11.4 Å². The van der Waals surface area contributed by atoms with Crippen molar-refractivity contribution in [2.24, 2.45) is 0 Å². The SMILES string of the molecule is CCOc1cc(/C=C(\C#N)C(=O)Nc2ccc(C)cc2)c(Br)cc1OCc1ccc(C(=O)O)cc1. The number of ether oxygens (including phenoxy) is 2. The summed E-state index contributed by atoms with van der Waals surface area (Å²) >= 11 is 3.48. The highest BCUT2D eigenvalue weighted by molar-refractivity contribution is 9.10. The van der Waals surface area contributed by atoms with Crippen LogP contribution in [0.4, 0.5) is 5.69 Å². The Bertz CT molecular complexity index is 1290. The fourth-order valence-electron chi connectivity index (χ4n) is 3.09. The third kappa shape index (κ3) is 6.95. The highest BCUT2D eigenvalue weighted by Gasteiger charge is 2.14. The van der Waals surface area contributed by atoms with Crippen LogP contribution in [0.25, 0.3) is 6.08 Å². The number of carboxylic acid groups (broad SMARTS) is 1. The van der Waals surface area contributed by atoms with E-state index in [4.69, 9.17) is 14.6 Å². The maximum Gasteiger partial charge on any atom is 0.335 e. The van der Waals surface area contributed by atoms with Gasteiger partial charge in [0.05, 0.1) is 12.2 Å². The number of amides is 1. The van der Waals surface area contributed by atoms with E-state index in [9.17, 15) is 14.9 Å². The molecule has 0 atom stereocenters. The average Bonchev–Trinajstić information content (AvgIpc) is 2.84. The van der Waals surface area contributed by atoms with Crippen LogP contribution in [0.3, 0.4) is 0 Å². The second kappa shape index (κ2) is 11.9. The smallest absolute Gasteiger partial charge is 0.335 e. The molecule has 35 heavy (non-hydrogen) atoms. The van der Waals surface area contributed by atoms with Crippen molar-refractivity contribution in [1.29, 1.82) is 5.26 Å². The van der Waals surface area contributed by atoms with Crippen molar-refractivity contribution in [3.8, 4) is 17.6 Å². The Balaban J connectivity index is 1.81. The van der Waals surface area contributed by atoms with Gasteiger partial charge in [-0.15, -0.1) is 0 Å². The van der Waals surface area contributed by atoms with E-state index in [0.717, 1.165) is 11.1 Å². The number of nitriles is 1. The van der Waals surface area contributed by atoms with Crippen LogP contribution in [-0.4, -0.2) is 23.6 Å². The number of nitrogens with zero attached hydrogens (tertiary/aromatic N) is 1.